The Kier molecular flexibility index (Phi) is 5.41. The van der Waals surface area contributed by atoms with Crippen LogP contribution in [0.1, 0.15) is 32.6 Å². The van der Waals surface area contributed by atoms with Gasteiger partial charge in [-0.05, 0) is 54.2 Å². The van der Waals surface area contributed by atoms with Crippen LogP contribution in [0.5, 0.6) is 0 Å². The first-order chi connectivity index (χ1) is 15.6. The number of Topliss-reactive ketones (excluding diaryl/α,β-unsaturated/α-hetero) is 1. The van der Waals surface area contributed by atoms with Crippen molar-refractivity contribution in [1.82, 2.24) is 0 Å². The van der Waals surface area contributed by atoms with Crippen molar-refractivity contribution < 1.29 is 9.36 Å². The number of rotatable bonds is 3. The van der Waals surface area contributed by atoms with Crippen LogP contribution in [0.4, 0.5) is 0 Å². The zero-order valence-corrected chi connectivity index (χ0v) is 19.0. The van der Waals surface area contributed by atoms with Gasteiger partial charge in [0, 0.05) is 27.9 Å². The molecule has 0 fully saturated rings. The van der Waals surface area contributed by atoms with Gasteiger partial charge in [0.25, 0.3) is 0 Å². The van der Waals surface area contributed by atoms with E-state index in [1.807, 2.05) is 78.9 Å². The summed E-state index contributed by atoms with van der Waals surface area (Å²) in [4.78, 5) is 13.2. The number of benzene rings is 4. The van der Waals surface area contributed by atoms with Crippen LogP contribution in [0, 0.1) is 6.92 Å². The fourth-order valence-electron chi connectivity index (χ4n) is 4.61. The summed E-state index contributed by atoms with van der Waals surface area (Å²) in [5.41, 5.74) is 5.12. The quantitative estimate of drug-likeness (QED) is 0.416. The Labute approximate surface area is 189 Å². The maximum Gasteiger partial charge on any atom is 0.171 e. The second-order valence-corrected chi connectivity index (χ2v) is 11.2. The topological polar surface area (TPSA) is 34.1 Å². The molecular formula is C29H25O2P. The van der Waals surface area contributed by atoms with Crippen LogP contribution in [0.25, 0.3) is 0 Å². The molecule has 4 aromatic rings. The average molecular weight is 436 g/mol. The molecule has 4 aliphatic carbocycles. The van der Waals surface area contributed by atoms with Crippen LogP contribution >= 0.6 is 7.14 Å². The lowest BCUT2D eigenvalue weighted by molar-refractivity contribution is 0.0993. The lowest BCUT2D eigenvalue weighted by Gasteiger charge is -2.24. The van der Waals surface area contributed by atoms with Crippen LogP contribution in [0.2, 0.25) is 0 Å². The van der Waals surface area contributed by atoms with Gasteiger partial charge in [-0.25, -0.2) is 0 Å². The zero-order valence-electron chi connectivity index (χ0n) is 18.1. The molecule has 0 saturated carbocycles. The van der Waals surface area contributed by atoms with Crippen molar-refractivity contribution in [2.24, 2.45) is 0 Å². The summed E-state index contributed by atoms with van der Waals surface area (Å²) in [7, 11) is -3.15. The van der Waals surface area contributed by atoms with Gasteiger partial charge >= 0.3 is 0 Å². The first-order valence-electron chi connectivity index (χ1n) is 11.0. The van der Waals surface area contributed by atoms with Gasteiger partial charge in [0.15, 0.2) is 12.9 Å². The molecule has 0 saturated heterocycles. The molecule has 0 N–H and O–H groups in total. The zero-order chi connectivity index (χ0) is 22.1. The van der Waals surface area contributed by atoms with Crippen molar-refractivity contribution in [1.29, 1.82) is 0 Å². The molecule has 0 aromatic heterocycles. The number of hydrogen-bond donors (Lipinski definition) is 0. The van der Waals surface area contributed by atoms with E-state index in [-0.39, 0.29) is 12.2 Å². The maximum absolute atomic E-state index is 15.0. The van der Waals surface area contributed by atoms with E-state index >= 15 is 4.57 Å². The summed E-state index contributed by atoms with van der Waals surface area (Å²) in [6.07, 6.45) is 1.99. The van der Waals surface area contributed by atoms with Crippen molar-refractivity contribution in [3.05, 3.63) is 125 Å². The number of carbonyl (C=O) groups excluding carboxylic acids is 1. The standard InChI is InChI=1S/C29H25O2P/c1-21-18-24-17-16-23(21)14-12-22-13-15-25(20-28(24)30)29(19-22)32(31,26-8-4-2-5-9-26)27-10-6-3-7-11-27/h2-11,13,15-19H,12,14,20H2,1H3. The van der Waals surface area contributed by atoms with Gasteiger partial charge in [0.05, 0.1) is 0 Å². The number of carbonyl (C=O) groups is 1. The second-order valence-electron chi connectivity index (χ2n) is 8.48. The molecule has 8 rings (SSSR count). The summed E-state index contributed by atoms with van der Waals surface area (Å²) < 4.78 is 15.0. The Morgan fingerprint density at radius 3 is 1.94 bits per heavy atom. The molecule has 0 aliphatic heterocycles. The molecule has 0 spiro atoms. The monoisotopic (exact) mass is 436 g/mol. The molecule has 0 unspecified atom stereocenters. The van der Waals surface area contributed by atoms with Crippen LogP contribution in [0.3, 0.4) is 0 Å². The number of aryl methyl sites for hydroxylation is 3. The second kappa shape index (κ2) is 8.37. The molecule has 2 nitrogen and oxygen atoms in total. The van der Waals surface area contributed by atoms with E-state index < -0.39 is 7.14 Å². The Bertz CT molecular complexity index is 1300. The van der Waals surface area contributed by atoms with E-state index in [0.717, 1.165) is 51.0 Å². The predicted molar refractivity (Wildman–Crippen MR) is 132 cm³/mol. The number of ketones is 1. The predicted octanol–water partition coefficient (Wildman–Crippen LogP) is 5.16. The van der Waals surface area contributed by atoms with Crippen LogP contribution in [-0.4, -0.2) is 5.78 Å². The lowest BCUT2D eigenvalue weighted by atomic mass is 9.93. The van der Waals surface area contributed by atoms with Crippen molar-refractivity contribution in [3.8, 4) is 0 Å². The first kappa shape index (κ1) is 20.7. The molecule has 0 heterocycles. The van der Waals surface area contributed by atoms with Crippen molar-refractivity contribution >= 4 is 28.8 Å². The van der Waals surface area contributed by atoms with Crippen LogP contribution in [0.15, 0.2) is 97.1 Å². The van der Waals surface area contributed by atoms with E-state index in [4.69, 9.17) is 0 Å². The van der Waals surface area contributed by atoms with Crippen molar-refractivity contribution in [2.75, 3.05) is 0 Å². The summed E-state index contributed by atoms with van der Waals surface area (Å²) >= 11 is 0. The first-order valence-corrected chi connectivity index (χ1v) is 12.7. The van der Waals surface area contributed by atoms with Gasteiger partial charge in [-0.2, -0.15) is 0 Å². The highest BCUT2D eigenvalue weighted by atomic mass is 31.2. The normalized spacial score (nSPS) is 13.6. The Morgan fingerprint density at radius 2 is 1.31 bits per heavy atom. The van der Waals surface area contributed by atoms with Crippen molar-refractivity contribution in [2.45, 2.75) is 26.2 Å². The molecule has 4 aliphatic rings. The highest BCUT2D eigenvalue weighted by Crippen LogP contribution is 2.44. The molecule has 158 valence electrons. The highest BCUT2D eigenvalue weighted by molar-refractivity contribution is 7.85. The summed E-state index contributed by atoms with van der Waals surface area (Å²) in [5, 5.41) is 2.37. The fourth-order valence-corrected chi connectivity index (χ4v) is 7.56. The SMILES string of the molecule is Cc1cc2ccc1CCc1ccc(c(P(=O)(c3ccccc3)c3ccccc3)c1)CC2=O. The third-order valence-corrected chi connectivity index (χ3v) is 9.57. The minimum absolute atomic E-state index is 0.0573. The fraction of sp³-hybridized carbons (Fsp3) is 0.138. The Morgan fingerprint density at radius 1 is 0.688 bits per heavy atom. The molecule has 3 heteroatoms. The molecule has 32 heavy (non-hydrogen) atoms. The third kappa shape index (κ3) is 3.66. The van der Waals surface area contributed by atoms with Gasteiger partial charge in [0.1, 0.15) is 0 Å². The summed E-state index contributed by atoms with van der Waals surface area (Å²) in [5.74, 6) is 0.0573. The largest absolute Gasteiger partial charge is 0.309 e. The average Bonchev–Trinajstić information content (AvgIpc) is 2.83. The summed E-state index contributed by atoms with van der Waals surface area (Å²) in [6, 6.07) is 31.6. The van der Waals surface area contributed by atoms with Gasteiger partial charge in [-0.15, -0.1) is 0 Å². The highest BCUT2D eigenvalue weighted by Gasteiger charge is 2.32. The molecule has 0 amide bonds. The summed E-state index contributed by atoms with van der Waals surface area (Å²) in [6.45, 7) is 2.07. The van der Waals surface area contributed by atoms with Gasteiger partial charge < -0.3 is 4.57 Å². The van der Waals surface area contributed by atoms with Crippen LogP contribution < -0.4 is 15.9 Å². The lowest BCUT2D eigenvalue weighted by Crippen LogP contribution is -2.29. The Balaban J connectivity index is 1.74. The molecular weight excluding hydrogens is 411 g/mol. The molecule has 4 bridgehead atoms. The molecule has 4 aromatic carbocycles. The maximum atomic E-state index is 15.0. The van der Waals surface area contributed by atoms with Gasteiger partial charge in [-0.3, -0.25) is 4.79 Å². The number of hydrogen-bond acceptors (Lipinski definition) is 2. The van der Waals surface area contributed by atoms with E-state index in [9.17, 15) is 4.79 Å². The molecule has 0 radical (unpaired) electrons. The van der Waals surface area contributed by atoms with Crippen molar-refractivity contribution in [3.63, 3.8) is 0 Å². The third-order valence-electron chi connectivity index (χ3n) is 6.43. The van der Waals surface area contributed by atoms with Gasteiger partial charge in [0.2, 0.25) is 0 Å². The van der Waals surface area contributed by atoms with E-state index in [0.29, 0.717) is 0 Å². The Hall–Kier alpha value is -3.22. The van der Waals surface area contributed by atoms with E-state index in [2.05, 4.69) is 25.1 Å². The smallest absolute Gasteiger partial charge is 0.171 e. The minimum atomic E-state index is -3.15. The van der Waals surface area contributed by atoms with E-state index in [1.165, 1.54) is 5.56 Å². The van der Waals surface area contributed by atoms with E-state index in [1.54, 1.807) is 0 Å². The molecule has 0 atom stereocenters. The van der Waals surface area contributed by atoms with Crippen LogP contribution in [-0.2, 0) is 23.8 Å². The minimum Gasteiger partial charge on any atom is -0.309 e. The van der Waals surface area contributed by atoms with Gasteiger partial charge in [-0.1, -0.05) is 84.9 Å².